The topological polar surface area (TPSA) is 47.7 Å². The molecular weight excluding hydrogens is 226 g/mol. The first-order valence-corrected chi connectivity index (χ1v) is 6.42. The summed E-state index contributed by atoms with van der Waals surface area (Å²) in [5.41, 5.74) is 3.46. The Bertz CT molecular complexity index is 511. The van der Waals surface area contributed by atoms with Gasteiger partial charge < -0.3 is 5.32 Å². The summed E-state index contributed by atoms with van der Waals surface area (Å²) in [5, 5.41) is 12.2. The second kappa shape index (κ2) is 5.35. The van der Waals surface area contributed by atoms with Crippen molar-refractivity contribution >= 4 is 0 Å². The van der Waals surface area contributed by atoms with E-state index in [0.29, 0.717) is 0 Å². The van der Waals surface area contributed by atoms with Gasteiger partial charge in [-0.05, 0) is 26.5 Å². The Kier molecular flexibility index (Phi) is 3.81. The van der Waals surface area contributed by atoms with Crippen molar-refractivity contribution in [3.05, 3.63) is 35.4 Å². The van der Waals surface area contributed by atoms with Crippen LogP contribution in [0.4, 0.5) is 0 Å². The van der Waals surface area contributed by atoms with Crippen molar-refractivity contribution < 1.29 is 0 Å². The minimum absolute atomic E-state index is 0.142. The lowest BCUT2D eigenvalue weighted by molar-refractivity contribution is 0.601. The van der Waals surface area contributed by atoms with Gasteiger partial charge in [-0.25, -0.2) is 0 Å². The van der Waals surface area contributed by atoms with E-state index in [2.05, 4.69) is 41.6 Å². The highest BCUT2D eigenvalue weighted by molar-refractivity contribution is 5.25. The average Bonchev–Trinajstić information content (AvgIpc) is 2.98. The molecule has 5 nitrogen and oxygen atoms in total. The molecule has 2 aromatic heterocycles. The summed E-state index contributed by atoms with van der Waals surface area (Å²) >= 11 is 0. The molecule has 2 heterocycles. The maximum absolute atomic E-state index is 4.50. The van der Waals surface area contributed by atoms with Crippen LogP contribution in [0.25, 0.3) is 0 Å². The SMILES string of the molecule is CCc1cc(C(NC)c2cnn(CC)c2)n(C)n1. The highest BCUT2D eigenvalue weighted by atomic mass is 15.3. The van der Waals surface area contributed by atoms with E-state index in [-0.39, 0.29) is 6.04 Å². The molecule has 0 radical (unpaired) electrons. The Labute approximate surface area is 108 Å². The van der Waals surface area contributed by atoms with Crippen LogP contribution in [0.15, 0.2) is 18.5 Å². The maximum atomic E-state index is 4.50. The summed E-state index contributed by atoms with van der Waals surface area (Å²) in [6.07, 6.45) is 4.96. The Hall–Kier alpha value is -1.62. The van der Waals surface area contributed by atoms with Crippen molar-refractivity contribution in [1.29, 1.82) is 0 Å². The van der Waals surface area contributed by atoms with E-state index in [1.54, 1.807) is 0 Å². The van der Waals surface area contributed by atoms with Gasteiger partial charge in [-0.3, -0.25) is 9.36 Å². The molecule has 0 aliphatic heterocycles. The van der Waals surface area contributed by atoms with Gasteiger partial charge in [-0.15, -0.1) is 0 Å². The van der Waals surface area contributed by atoms with Crippen LogP contribution in [-0.4, -0.2) is 26.6 Å². The molecule has 98 valence electrons. The Morgan fingerprint density at radius 2 is 2.17 bits per heavy atom. The minimum atomic E-state index is 0.142. The molecule has 0 spiro atoms. The second-order valence-electron chi connectivity index (χ2n) is 4.39. The number of hydrogen-bond donors (Lipinski definition) is 1. The first-order chi connectivity index (χ1) is 8.69. The number of nitrogens with zero attached hydrogens (tertiary/aromatic N) is 4. The molecule has 18 heavy (non-hydrogen) atoms. The van der Waals surface area contributed by atoms with Gasteiger partial charge in [-0.2, -0.15) is 10.2 Å². The third-order valence-corrected chi connectivity index (χ3v) is 3.22. The molecule has 1 N–H and O–H groups in total. The number of aryl methyl sites for hydroxylation is 3. The van der Waals surface area contributed by atoms with Crippen LogP contribution >= 0.6 is 0 Å². The summed E-state index contributed by atoms with van der Waals surface area (Å²) in [6, 6.07) is 2.30. The fourth-order valence-electron chi connectivity index (χ4n) is 2.17. The van der Waals surface area contributed by atoms with Crippen molar-refractivity contribution in [3.63, 3.8) is 0 Å². The van der Waals surface area contributed by atoms with Crippen LogP contribution in [0.1, 0.15) is 36.8 Å². The predicted molar refractivity (Wildman–Crippen MR) is 71.4 cm³/mol. The predicted octanol–water partition coefficient (Wildman–Crippen LogP) is 1.51. The molecule has 2 rings (SSSR count). The van der Waals surface area contributed by atoms with Crippen LogP contribution in [0, 0.1) is 0 Å². The molecule has 0 aliphatic rings. The largest absolute Gasteiger partial charge is 0.308 e. The third kappa shape index (κ3) is 2.31. The zero-order valence-corrected chi connectivity index (χ0v) is 11.5. The first-order valence-electron chi connectivity index (χ1n) is 6.42. The zero-order chi connectivity index (χ0) is 13.1. The van der Waals surface area contributed by atoms with Crippen molar-refractivity contribution in [2.45, 2.75) is 32.9 Å². The monoisotopic (exact) mass is 247 g/mol. The van der Waals surface area contributed by atoms with Gasteiger partial charge in [0.2, 0.25) is 0 Å². The molecule has 1 atom stereocenters. The second-order valence-corrected chi connectivity index (χ2v) is 4.39. The van der Waals surface area contributed by atoms with E-state index in [4.69, 9.17) is 0 Å². The number of nitrogens with one attached hydrogen (secondary N) is 1. The van der Waals surface area contributed by atoms with Crippen molar-refractivity contribution in [2.75, 3.05) is 7.05 Å². The van der Waals surface area contributed by atoms with Crippen molar-refractivity contribution in [3.8, 4) is 0 Å². The van der Waals surface area contributed by atoms with Crippen LogP contribution in [0.3, 0.4) is 0 Å². The van der Waals surface area contributed by atoms with Crippen LogP contribution in [-0.2, 0) is 20.0 Å². The molecule has 0 bridgehead atoms. The summed E-state index contributed by atoms with van der Waals surface area (Å²) < 4.78 is 3.89. The standard InChI is InChI=1S/C13H21N5/c1-5-11-7-12(17(4)16-11)13(14-3)10-8-15-18(6-2)9-10/h7-9,13-14H,5-6H2,1-4H3. The molecule has 0 saturated carbocycles. The fraction of sp³-hybridized carbons (Fsp3) is 0.538. The van der Waals surface area contributed by atoms with Crippen LogP contribution in [0.5, 0.6) is 0 Å². The molecule has 1 unspecified atom stereocenters. The third-order valence-electron chi connectivity index (χ3n) is 3.22. The molecule has 0 saturated heterocycles. The van der Waals surface area contributed by atoms with Gasteiger partial charge in [0.1, 0.15) is 0 Å². The number of hydrogen-bond acceptors (Lipinski definition) is 3. The number of rotatable bonds is 5. The zero-order valence-electron chi connectivity index (χ0n) is 11.5. The van der Waals surface area contributed by atoms with E-state index < -0.39 is 0 Å². The van der Waals surface area contributed by atoms with Gasteiger partial charge in [0.15, 0.2) is 0 Å². The average molecular weight is 247 g/mol. The van der Waals surface area contributed by atoms with E-state index >= 15 is 0 Å². The van der Waals surface area contributed by atoms with Crippen LogP contribution in [0.2, 0.25) is 0 Å². The number of aromatic nitrogens is 4. The Morgan fingerprint density at radius 3 is 2.67 bits per heavy atom. The summed E-state index contributed by atoms with van der Waals surface area (Å²) in [4.78, 5) is 0. The smallest absolute Gasteiger partial charge is 0.0776 e. The van der Waals surface area contributed by atoms with E-state index in [1.807, 2.05) is 29.7 Å². The van der Waals surface area contributed by atoms with Gasteiger partial charge >= 0.3 is 0 Å². The Balaban J connectivity index is 2.34. The molecule has 2 aromatic rings. The summed E-state index contributed by atoms with van der Waals surface area (Å²) in [6.45, 7) is 5.10. The summed E-state index contributed by atoms with van der Waals surface area (Å²) in [5.74, 6) is 0. The maximum Gasteiger partial charge on any atom is 0.0776 e. The fourth-order valence-corrected chi connectivity index (χ4v) is 2.17. The first kappa shape index (κ1) is 12.8. The van der Waals surface area contributed by atoms with Gasteiger partial charge in [0.25, 0.3) is 0 Å². The van der Waals surface area contributed by atoms with E-state index in [9.17, 15) is 0 Å². The van der Waals surface area contributed by atoms with Gasteiger partial charge in [0, 0.05) is 25.4 Å². The van der Waals surface area contributed by atoms with E-state index in [0.717, 1.165) is 18.7 Å². The quantitative estimate of drug-likeness (QED) is 0.871. The molecule has 5 heteroatoms. The normalized spacial score (nSPS) is 12.9. The molecule has 0 aliphatic carbocycles. The van der Waals surface area contributed by atoms with Crippen molar-refractivity contribution in [1.82, 2.24) is 24.9 Å². The van der Waals surface area contributed by atoms with E-state index in [1.165, 1.54) is 11.3 Å². The molecule has 0 fully saturated rings. The lowest BCUT2D eigenvalue weighted by atomic mass is 10.1. The van der Waals surface area contributed by atoms with Gasteiger partial charge in [0.05, 0.1) is 23.6 Å². The summed E-state index contributed by atoms with van der Waals surface area (Å²) in [7, 11) is 3.95. The molecular formula is C13H21N5. The highest BCUT2D eigenvalue weighted by Crippen LogP contribution is 2.21. The highest BCUT2D eigenvalue weighted by Gasteiger charge is 2.18. The lowest BCUT2D eigenvalue weighted by Crippen LogP contribution is -2.20. The molecule has 0 aromatic carbocycles. The Morgan fingerprint density at radius 1 is 1.39 bits per heavy atom. The van der Waals surface area contributed by atoms with Crippen molar-refractivity contribution in [2.24, 2.45) is 7.05 Å². The van der Waals surface area contributed by atoms with Gasteiger partial charge in [-0.1, -0.05) is 6.92 Å². The minimum Gasteiger partial charge on any atom is -0.308 e. The lowest BCUT2D eigenvalue weighted by Gasteiger charge is -2.14. The van der Waals surface area contributed by atoms with Crippen LogP contribution < -0.4 is 5.32 Å². The molecule has 0 amide bonds.